The Morgan fingerprint density at radius 1 is 1.35 bits per heavy atom. The molecule has 0 amide bonds. The second kappa shape index (κ2) is 4.74. The van der Waals surface area contributed by atoms with Gasteiger partial charge in [-0.25, -0.2) is 4.98 Å². The first kappa shape index (κ1) is 14.2. The van der Waals surface area contributed by atoms with Crippen LogP contribution in [0.3, 0.4) is 0 Å². The minimum absolute atomic E-state index is 0.171. The molecule has 0 aliphatic carbocycles. The molecule has 2 rings (SSSR count). The topological polar surface area (TPSA) is 72.2 Å². The molecular formula is C15H18N2O3. The van der Waals surface area contributed by atoms with Crippen molar-refractivity contribution >= 4 is 16.9 Å². The zero-order valence-corrected chi connectivity index (χ0v) is 12.0. The highest BCUT2D eigenvalue weighted by molar-refractivity contribution is 5.82. The number of aromatic nitrogens is 2. The fourth-order valence-electron chi connectivity index (χ4n) is 2.42. The van der Waals surface area contributed by atoms with Crippen LogP contribution in [0.4, 0.5) is 0 Å². The Morgan fingerprint density at radius 3 is 2.55 bits per heavy atom. The molecule has 0 saturated heterocycles. The van der Waals surface area contributed by atoms with E-state index in [1.54, 1.807) is 25.2 Å². The quantitative estimate of drug-likeness (QED) is 0.910. The molecular weight excluding hydrogens is 256 g/mol. The van der Waals surface area contributed by atoms with E-state index in [-0.39, 0.29) is 5.56 Å². The number of benzene rings is 1. The van der Waals surface area contributed by atoms with Gasteiger partial charge in [-0.05, 0) is 23.1 Å². The number of hydrogen-bond acceptors (Lipinski definition) is 3. The lowest BCUT2D eigenvalue weighted by atomic mass is 9.76. The number of fused-ring (bicyclic) bond motifs is 1. The van der Waals surface area contributed by atoms with Gasteiger partial charge in [0.1, 0.15) is 0 Å². The summed E-state index contributed by atoms with van der Waals surface area (Å²) in [4.78, 5) is 27.8. The Labute approximate surface area is 116 Å². The molecule has 1 aromatic carbocycles. The van der Waals surface area contributed by atoms with Crippen molar-refractivity contribution in [2.45, 2.75) is 26.7 Å². The second-order valence-corrected chi connectivity index (χ2v) is 6.07. The van der Waals surface area contributed by atoms with Gasteiger partial charge in [0.15, 0.2) is 0 Å². The first-order valence-electron chi connectivity index (χ1n) is 6.40. The van der Waals surface area contributed by atoms with Crippen LogP contribution in [-0.4, -0.2) is 20.6 Å². The predicted molar refractivity (Wildman–Crippen MR) is 76.8 cm³/mol. The number of aliphatic carboxylic acids is 1. The maximum atomic E-state index is 12.1. The van der Waals surface area contributed by atoms with Crippen molar-refractivity contribution in [3.63, 3.8) is 0 Å². The SMILES string of the molecule is Cn1cnc2ccc(C(C(=O)O)C(C)(C)C)cc2c1=O. The van der Waals surface area contributed by atoms with Crippen LogP contribution in [0.15, 0.2) is 29.3 Å². The van der Waals surface area contributed by atoms with Crippen molar-refractivity contribution in [2.24, 2.45) is 12.5 Å². The standard InChI is InChI=1S/C15H18N2O3/c1-15(2,3)12(14(19)20)9-5-6-11-10(7-9)13(18)17(4)8-16-11/h5-8,12H,1-4H3,(H,19,20). The average molecular weight is 274 g/mol. The molecule has 20 heavy (non-hydrogen) atoms. The smallest absolute Gasteiger partial charge is 0.311 e. The molecule has 2 aromatic rings. The highest BCUT2D eigenvalue weighted by Gasteiger charge is 2.32. The molecule has 1 heterocycles. The summed E-state index contributed by atoms with van der Waals surface area (Å²) in [6.07, 6.45) is 1.46. The molecule has 0 fully saturated rings. The van der Waals surface area contributed by atoms with Gasteiger partial charge in [-0.1, -0.05) is 26.8 Å². The molecule has 106 valence electrons. The fraction of sp³-hybridized carbons (Fsp3) is 0.400. The van der Waals surface area contributed by atoms with Crippen LogP contribution in [0.5, 0.6) is 0 Å². The third-order valence-corrected chi connectivity index (χ3v) is 3.39. The summed E-state index contributed by atoms with van der Waals surface area (Å²) in [5.74, 6) is -1.56. The maximum absolute atomic E-state index is 12.1. The zero-order valence-electron chi connectivity index (χ0n) is 12.0. The molecule has 1 aromatic heterocycles. The molecule has 0 aliphatic heterocycles. The van der Waals surface area contributed by atoms with Gasteiger partial charge in [-0.15, -0.1) is 0 Å². The lowest BCUT2D eigenvalue weighted by Crippen LogP contribution is -2.26. The summed E-state index contributed by atoms with van der Waals surface area (Å²) in [7, 11) is 1.62. The van der Waals surface area contributed by atoms with Crippen molar-refractivity contribution in [1.82, 2.24) is 9.55 Å². The Morgan fingerprint density at radius 2 is 2.00 bits per heavy atom. The van der Waals surface area contributed by atoms with E-state index in [1.807, 2.05) is 20.8 Å². The van der Waals surface area contributed by atoms with E-state index in [1.165, 1.54) is 10.9 Å². The Balaban J connectivity index is 2.70. The number of carbonyl (C=O) groups is 1. The Bertz CT molecular complexity index is 726. The van der Waals surface area contributed by atoms with Crippen molar-refractivity contribution < 1.29 is 9.90 Å². The van der Waals surface area contributed by atoms with Gasteiger partial charge in [0.25, 0.3) is 5.56 Å². The highest BCUT2D eigenvalue weighted by atomic mass is 16.4. The van der Waals surface area contributed by atoms with E-state index in [0.717, 1.165) is 0 Å². The number of carboxylic acids is 1. The predicted octanol–water partition coefficient (Wildman–Crippen LogP) is 2.15. The van der Waals surface area contributed by atoms with E-state index in [4.69, 9.17) is 0 Å². The van der Waals surface area contributed by atoms with E-state index in [9.17, 15) is 14.7 Å². The minimum Gasteiger partial charge on any atom is -0.481 e. The van der Waals surface area contributed by atoms with E-state index in [0.29, 0.717) is 16.5 Å². The van der Waals surface area contributed by atoms with Crippen molar-refractivity contribution in [3.8, 4) is 0 Å². The molecule has 0 saturated carbocycles. The van der Waals surface area contributed by atoms with Gasteiger partial charge in [-0.3, -0.25) is 9.59 Å². The number of hydrogen-bond donors (Lipinski definition) is 1. The lowest BCUT2D eigenvalue weighted by molar-refractivity contribution is -0.141. The first-order chi connectivity index (χ1) is 9.21. The van der Waals surface area contributed by atoms with E-state index < -0.39 is 17.3 Å². The van der Waals surface area contributed by atoms with Gasteiger partial charge >= 0.3 is 5.97 Å². The van der Waals surface area contributed by atoms with Crippen LogP contribution in [-0.2, 0) is 11.8 Å². The van der Waals surface area contributed by atoms with Crippen LogP contribution in [0.25, 0.3) is 10.9 Å². The fourth-order valence-corrected chi connectivity index (χ4v) is 2.42. The molecule has 1 unspecified atom stereocenters. The van der Waals surface area contributed by atoms with Crippen LogP contribution < -0.4 is 5.56 Å². The molecule has 0 bridgehead atoms. The largest absolute Gasteiger partial charge is 0.481 e. The summed E-state index contributed by atoms with van der Waals surface area (Å²) in [6.45, 7) is 5.62. The molecule has 0 radical (unpaired) electrons. The molecule has 1 atom stereocenters. The van der Waals surface area contributed by atoms with Crippen LogP contribution >= 0.6 is 0 Å². The first-order valence-corrected chi connectivity index (χ1v) is 6.40. The third-order valence-electron chi connectivity index (χ3n) is 3.39. The normalized spacial score (nSPS) is 13.4. The van der Waals surface area contributed by atoms with E-state index in [2.05, 4.69) is 4.98 Å². The monoisotopic (exact) mass is 274 g/mol. The number of aryl methyl sites for hydroxylation is 1. The number of carboxylic acid groups (broad SMARTS) is 1. The Kier molecular flexibility index (Phi) is 3.38. The summed E-state index contributed by atoms with van der Waals surface area (Å²) < 4.78 is 1.39. The summed E-state index contributed by atoms with van der Waals surface area (Å²) in [5.41, 5.74) is 0.597. The molecule has 5 nitrogen and oxygen atoms in total. The van der Waals surface area contributed by atoms with Crippen molar-refractivity contribution in [2.75, 3.05) is 0 Å². The Hall–Kier alpha value is -2.17. The maximum Gasteiger partial charge on any atom is 0.311 e. The van der Waals surface area contributed by atoms with Crippen LogP contribution in [0.1, 0.15) is 32.3 Å². The van der Waals surface area contributed by atoms with Gasteiger partial charge in [0.2, 0.25) is 0 Å². The van der Waals surface area contributed by atoms with Gasteiger partial charge in [0, 0.05) is 7.05 Å². The van der Waals surface area contributed by atoms with Gasteiger partial charge in [0.05, 0.1) is 23.1 Å². The summed E-state index contributed by atoms with van der Waals surface area (Å²) >= 11 is 0. The zero-order chi connectivity index (χ0) is 15.1. The summed E-state index contributed by atoms with van der Waals surface area (Å²) in [5, 5.41) is 9.91. The minimum atomic E-state index is -0.891. The molecule has 0 spiro atoms. The molecule has 5 heteroatoms. The third kappa shape index (κ3) is 2.43. The average Bonchev–Trinajstić information content (AvgIpc) is 2.32. The number of nitrogens with zero attached hydrogens (tertiary/aromatic N) is 2. The second-order valence-electron chi connectivity index (χ2n) is 6.07. The van der Waals surface area contributed by atoms with Crippen LogP contribution in [0, 0.1) is 5.41 Å². The highest BCUT2D eigenvalue weighted by Crippen LogP contribution is 2.35. The summed E-state index contributed by atoms with van der Waals surface area (Å²) in [6, 6.07) is 5.08. The van der Waals surface area contributed by atoms with Gasteiger partial charge < -0.3 is 9.67 Å². The molecule has 0 aliphatic rings. The van der Waals surface area contributed by atoms with Crippen molar-refractivity contribution in [3.05, 3.63) is 40.4 Å². The molecule has 1 N–H and O–H groups in total. The lowest BCUT2D eigenvalue weighted by Gasteiger charge is -2.27. The van der Waals surface area contributed by atoms with Gasteiger partial charge in [-0.2, -0.15) is 0 Å². The number of rotatable bonds is 2. The van der Waals surface area contributed by atoms with Crippen LogP contribution in [0.2, 0.25) is 0 Å². The van der Waals surface area contributed by atoms with Crippen molar-refractivity contribution in [1.29, 1.82) is 0 Å². The van der Waals surface area contributed by atoms with E-state index >= 15 is 0 Å².